The summed E-state index contributed by atoms with van der Waals surface area (Å²) in [5.74, 6) is 0. The molecular formula is C13H21N. The Kier molecular flexibility index (Phi) is 4.68. The minimum atomic E-state index is 1.13. The molecule has 0 fully saturated rings. The topological polar surface area (TPSA) is 12.0 Å². The maximum absolute atomic E-state index is 3.18. The van der Waals surface area contributed by atoms with Gasteiger partial charge < -0.3 is 5.32 Å². The number of hydrogen-bond acceptors (Lipinski definition) is 1. The second-order valence-electron chi connectivity index (χ2n) is 3.93. The minimum Gasteiger partial charge on any atom is -0.320 e. The van der Waals surface area contributed by atoms with E-state index >= 15 is 0 Å². The molecule has 0 atom stereocenters. The standard InChI is InChI=1S/C13H21N/c1-11-7-6-8-12(2)13(11)9-4-5-10-14-3/h6-8,14H,4-5,9-10H2,1-3H3. The van der Waals surface area contributed by atoms with Crippen molar-refractivity contribution in [3.8, 4) is 0 Å². The average Bonchev–Trinajstić information content (AvgIpc) is 2.16. The molecule has 0 spiro atoms. The van der Waals surface area contributed by atoms with E-state index in [0.717, 1.165) is 6.54 Å². The summed E-state index contributed by atoms with van der Waals surface area (Å²) in [6.45, 7) is 5.55. The minimum absolute atomic E-state index is 1.13. The Morgan fingerprint density at radius 1 is 1.07 bits per heavy atom. The van der Waals surface area contributed by atoms with E-state index in [1.165, 1.54) is 30.4 Å². The maximum atomic E-state index is 3.18. The molecule has 0 aromatic heterocycles. The summed E-state index contributed by atoms with van der Waals surface area (Å²) in [6.07, 6.45) is 3.77. The third-order valence-electron chi connectivity index (χ3n) is 2.75. The first kappa shape index (κ1) is 11.3. The molecule has 1 aromatic carbocycles. The molecule has 1 nitrogen and oxygen atoms in total. The van der Waals surface area contributed by atoms with Crippen molar-refractivity contribution >= 4 is 0 Å². The largest absolute Gasteiger partial charge is 0.320 e. The van der Waals surface area contributed by atoms with E-state index < -0.39 is 0 Å². The normalized spacial score (nSPS) is 10.5. The smallest absolute Gasteiger partial charge is 0.00518 e. The Balaban J connectivity index is 2.49. The van der Waals surface area contributed by atoms with Crippen LogP contribution in [0.25, 0.3) is 0 Å². The van der Waals surface area contributed by atoms with Crippen LogP contribution in [0.3, 0.4) is 0 Å². The molecule has 0 aliphatic rings. The predicted octanol–water partition coefficient (Wildman–Crippen LogP) is 2.85. The van der Waals surface area contributed by atoms with Crippen molar-refractivity contribution in [3.63, 3.8) is 0 Å². The van der Waals surface area contributed by atoms with E-state index in [0.29, 0.717) is 0 Å². The van der Waals surface area contributed by atoms with Crippen LogP contribution in [0.1, 0.15) is 29.5 Å². The number of hydrogen-bond donors (Lipinski definition) is 1. The quantitative estimate of drug-likeness (QED) is 0.706. The Morgan fingerprint density at radius 3 is 2.29 bits per heavy atom. The summed E-state index contributed by atoms with van der Waals surface area (Å²) in [7, 11) is 2.01. The molecule has 1 aromatic rings. The summed E-state index contributed by atoms with van der Waals surface area (Å²) in [5.41, 5.74) is 4.42. The van der Waals surface area contributed by atoms with Gasteiger partial charge in [0, 0.05) is 0 Å². The lowest BCUT2D eigenvalue weighted by atomic mass is 9.98. The molecule has 0 amide bonds. The van der Waals surface area contributed by atoms with Gasteiger partial charge in [-0.3, -0.25) is 0 Å². The summed E-state index contributed by atoms with van der Waals surface area (Å²) < 4.78 is 0. The van der Waals surface area contributed by atoms with Crippen LogP contribution < -0.4 is 5.32 Å². The number of nitrogens with one attached hydrogen (secondary N) is 1. The molecule has 0 radical (unpaired) electrons. The molecule has 0 heterocycles. The van der Waals surface area contributed by atoms with Crippen molar-refractivity contribution in [2.24, 2.45) is 0 Å². The molecule has 0 unspecified atom stereocenters. The number of unbranched alkanes of at least 4 members (excludes halogenated alkanes) is 1. The van der Waals surface area contributed by atoms with Crippen LogP contribution >= 0.6 is 0 Å². The summed E-state index contributed by atoms with van der Waals surface area (Å²) >= 11 is 0. The first-order valence-corrected chi connectivity index (χ1v) is 5.45. The van der Waals surface area contributed by atoms with Crippen LogP contribution in [0.4, 0.5) is 0 Å². The van der Waals surface area contributed by atoms with Crippen molar-refractivity contribution in [3.05, 3.63) is 34.9 Å². The highest BCUT2D eigenvalue weighted by Crippen LogP contribution is 2.15. The van der Waals surface area contributed by atoms with Crippen LogP contribution in [0.15, 0.2) is 18.2 Å². The Bertz CT molecular complexity index is 258. The number of rotatable bonds is 5. The zero-order chi connectivity index (χ0) is 10.4. The van der Waals surface area contributed by atoms with Gasteiger partial charge in [-0.2, -0.15) is 0 Å². The Morgan fingerprint density at radius 2 is 1.71 bits per heavy atom. The fraction of sp³-hybridized carbons (Fsp3) is 0.538. The van der Waals surface area contributed by atoms with Gasteiger partial charge in [0.2, 0.25) is 0 Å². The molecule has 0 saturated carbocycles. The third-order valence-corrected chi connectivity index (χ3v) is 2.75. The lowest BCUT2D eigenvalue weighted by Gasteiger charge is -2.09. The molecular weight excluding hydrogens is 170 g/mol. The van der Waals surface area contributed by atoms with E-state index in [4.69, 9.17) is 0 Å². The van der Waals surface area contributed by atoms with Gasteiger partial charge in [-0.05, 0) is 63.4 Å². The summed E-state index contributed by atoms with van der Waals surface area (Å²) in [5, 5.41) is 3.18. The lowest BCUT2D eigenvalue weighted by molar-refractivity contribution is 0.675. The monoisotopic (exact) mass is 191 g/mol. The van der Waals surface area contributed by atoms with Crippen LogP contribution in [0.5, 0.6) is 0 Å². The predicted molar refractivity (Wildman–Crippen MR) is 62.8 cm³/mol. The van der Waals surface area contributed by atoms with Gasteiger partial charge in [-0.1, -0.05) is 18.2 Å². The second-order valence-corrected chi connectivity index (χ2v) is 3.93. The molecule has 0 saturated heterocycles. The lowest BCUT2D eigenvalue weighted by Crippen LogP contribution is -2.07. The Labute approximate surface area is 87.5 Å². The second kappa shape index (κ2) is 5.82. The highest BCUT2D eigenvalue weighted by atomic mass is 14.8. The maximum Gasteiger partial charge on any atom is -0.00518 e. The van der Waals surface area contributed by atoms with E-state index in [9.17, 15) is 0 Å². The van der Waals surface area contributed by atoms with E-state index in [2.05, 4.69) is 37.4 Å². The van der Waals surface area contributed by atoms with Gasteiger partial charge in [0.1, 0.15) is 0 Å². The van der Waals surface area contributed by atoms with Gasteiger partial charge in [-0.15, -0.1) is 0 Å². The number of benzene rings is 1. The van der Waals surface area contributed by atoms with Crippen molar-refractivity contribution in [1.82, 2.24) is 5.32 Å². The number of aryl methyl sites for hydroxylation is 2. The van der Waals surface area contributed by atoms with E-state index in [-0.39, 0.29) is 0 Å². The van der Waals surface area contributed by atoms with Gasteiger partial charge >= 0.3 is 0 Å². The van der Waals surface area contributed by atoms with E-state index in [1.54, 1.807) is 5.56 Å². The van der Waals surface area contributed by atoms with Crippen LogP contribution in [0, 0.1) is 13.8 Å². The zero-order valence-corrected chi connectivity index (χ0v) is 9.56. The highest BCUT2D eigenvalue weighted by Gasteiger charge is 2.00. The first-order chi connectivity index (χ1) is 6.75. The molecule has 14 heavy (non-hydrogen) atoms. The van der Waals surface area contributed by atoms with Gasteiger partial charge in [-0.25, -0.2) is 0 Å². The van der Waals surface area contributed by atoms with Crippen LogP contribution in [-0.2, 0) is 6.42 Å². The van der Waals surface area contributed by atoms with Gasteiger partial charge in [0.05, 0.1) is 0 Å². The van der Waals surface area contributed by atoms with Gasteiger partial charge in [0.15, 0.2) is 0 Å². The molecule has 78 valence electrons. The average molecular weight is 191 g/mol. The molecule has 1 rings (SSSR count). The van der Waals surface area contributed by atoms with Crippen molar-refractivity contribution < 1.29 is 0 Å². The molecule has 1 heteroatoms. The molecule has 0 aliphatic carbocycles. The highest BCUT2D eigenvalue weighted by molar-refractivity contribution is 5.33. The van der Waals surface area contributed by atoms with Gasteiger partial charge in [0.25, 0.3) is 0 Å². The fourth-order valence-corrected chi connectivity index (χ4v) is 1.85. The summed E-state index contributed by atoms with van der Waals surface area (Å²) in [6, 6.07) is 6.56. The van der Waals surface area contributed by atoms with Crippen molar-refractivity contribution in [2.75, 3.05) is 13.6 Å². The fourth-order valence-electron chi connectivity index (χ4n) is 1.85. The third kappa shape index (κ3) is 3.15. The molecule has 0 bridgehead atoms. The Hall–Kier alpha value is -0.820. The van der Waals surface area contributed by atoms with Crippen molar-refractivity contribution in [2.45, 2.75) is 33.1 Å². The van der Waals surface area contributed by atoms with Crippen molar-refractivity contribution in [1.29, 1.82) is 0 Å². The summed E-state index contributed by atoms with van der Waals surface area (Å²) in [4.78, 5) is 0. The van der Waals surface area contributed by atoms with E-state index in [1.807, 2.05) is 7.05 Å². The SMILES string of the molecule is CNCCCCc1c(C)cccc1C. The van der Waals surface area contributed by atoms with Crippen LogP contribution in [-0.4, -0.2) is 13.6 Å². The molecule has 1 N–H and O–H groups in total. The molecule has 0 aliphatic heterocycles. The van der Waals surface area contributed by atoms with Crippen LogP contribution in [0.2, 0.25) is 0 Å². The first-order valence-electron chi connectivity index (χ1n) is 5.45. The zero-order valence-electron chi connectivity index (χ0n) is 9.56.